The predicted molar refractivity (Wildman–Crippen MR) is 115 cm³/mol. The van der Waals surface area contributed by atoms with Gasteiger partial charge in [-0.2, -0.15) is 0 Å². The van der Waals surface area contributed by atoms with Gasteiger partial charge in [-0.05, 0) is 44.0 Å². The van der Waals surface area contributed by atoms with Crippen LogP contribution in [0.3, 0.4) is 0 Å². The summed E-state index contributed by atoms with van der Waals surface area (Å²) in [6, 6.07) is 7.49. The van der Waals surface area contributed by atoms with Crippen molar-refractivity contribution in [3.8, 4) is 28.7 Å². The first kappa shape index (κ1) is 21.7. The van der Waals surface area contributed by atoms with E-state index in [1.807, 2.05) is 32.9 Å². The molecule has 1 heterocycles. The Kier molecular flexibility index (Phi) is 6.66. The molecule has 0 saturated heterocycles. The van der Waals surface area contributed by atoms with E-state index in [9.17, 15) is 4.79 Å². The summed E-state index contributed by atoms with van der Waals surface area (Å²) in [5.74, 6) is 1.99. The summed E-state index contributed by atoms with van der Waals surface area (Å²) >= 11 is 1.21. The number of aryl methyl sites for hydroxylation is 3. The molecule has 0 atom stereocenters. The minimum atomic E-state index is 0.0301. The van der Waals surface area contributed by atoms with E-state index in [1.54, 1.807) is 12.1 Å². The number of thioether (sulfide) groups is 1. The number of rotatable bonds is 8. The highest BCUT2D eigenvalue weighted by Crippen LogP contribution is 2.41. The van der Waals surface area contributed by atoms with Gasteiger partial charge in [0, 0.05) is 11.1 Å². The number of nitrogens with zero attached hydrogens (tertiary/aromatic N) is 2. The summed E-state index contributed by atoms with van der Waals surface area (Å²) in [5, 5.41) is 8.46. The number of carbonyl (C=O) groups is 1. The van der Waals surface area contributed by atoms with Crippen molar-refractivity contribution in [2.75, 3.05) is 27.1 Å². The number of aromatic nitrogens is 2. The molecule has 0 amide bonds. The highest BCUT2D eigenvalue weighted by molar-refractivity contribution is 7.99. The molecule has 0 radical (unpaired) electrons. The molecule has 0 bridgehead atoms. The molecule has 8 heteroatoms. The van der Waals surface area contributed by atoms with E-state index in [1.165, 1.54) is 33.1 Å². The average Bonchev–Trinajstić information content (AvgIpc) is 3.19. The zero-order valence-electron chi connectivity index (χ0n) is 17.9. The summed E-state index contributed by atoms with van der Waals surface area (Å²) in [4.78, 5) is 12.7. The van der Waals surface area contributed by atoms with Crippen molar-refractivity contribution in [3.63, 3.8) is 0 Å². The molecule has 0 unspecified atom stereocenters. The first-order valence-corrected chi connectivity index (χ1v) is 10.2. The van der Waals surface area contributed by atoms with Gasteiger partial charge in [0.25, 0.3) is 5.22 Å². The number of benzene rings is 2. The molecule has 3 rings (SSSR count). The van der Waals surface area contributed by atoms with Crippen LogP contribution in [0.5, 0.6) is 17.2 Å². The minimum absolute atomic E-state index is 0.0301. The van der Waals surface area contributed by atoms with E-state index < -0.39 is 0 Å². The second-order valence-electron chi connectivity index (χ2n) is 6.77. The lowest BCUT2D eigenvalue weighted by Gasteiger charge is -2.12. The maximum Gasteiger partial charge on any atom is 0.277 e. The molecule has 0 N–H and O–H groups in total. The number of Topliss-reactive ketones (excluding diaryl/α,β-unsaturated/α-hetero) is 1. The Morgan fingerprint density at radius 2 is 1.53 bits per heavy atom. The monoisotopic (exact) mass is 428 g/mol. The van der Waals surface area contributed by atoms with Gasteiger partial charge in [-0.15, -0.1) is 10.2 Å². The molecule has 3 aromatic rings. The molecular weight excluding hydrogens is 404 g/mol. The molecule has 158 valence electrons. The third-order valence-corrected chi connectivity index (χ3v) is 5.42. The van der Waals surface area contributed by atoms with Gasteiger partial charge in [-0.3, -0.25) is 4.79 Å². The maximum atomic E-state index is 12.7. The third-order valence-electron chi connectivity index (χ3n) is 4.60. The van der Waals surface area contributed by atoms with Crippen LogP contribution in [0.2, 0.25) is 0 Å². The normalized spacial score (nSPS) is 10.7. The number of ether oxygens (including phenoxy) is 3. The van der Waals surface area contributed by atoms with E-state index in [0.717, 1.165) is 22.3 Å². The fourth-order valence-corrected chi connectivity index (χ4v) is 4.04. The largest absolute Gasteiger partial charge is 0.493 e. The van der Waals surface area contributed by atoms with E-state index >= 15 is 0 Å². The van der Waals surface area contributed by atoms with Gasteiger partial charge in [0.2, 0.25) is 11.6 Å². The summed E-state index contributed by atoms with van der Waals surface area (Å²) in [5.41, 5.74) is 4.46. The van der Waals surface area contributed by atoms with E-state index in [2.05, 4.69) is 10.2 Å². The van der Waals surface area contributed by atoms with Crippen LogP contribution >= 0.6 is 11.8 Å². The molecule has 0 saturated carbocycles. The van der Waals surface area contributed by atoms with Crippen molar-refractivity contribution in [1.29, 1.82) is 0 Å². The van der Waals surface area contributed by atoms with Gasteiger partial charge in [0.05, 0.1) is 27.1 Å². The highest BCUT2D eigenvalue weighted by Gasteiger charge is 2.19. The fourth-order valence-electron chi connectivity index (χ4n) is 3.41. The first-order chi connectivity index (χ1) is 14.4. The number of methoxy groups -OCH3 is 3. The van der Waals surface area contributed by atoms with Crippen molar-refractivity contribution in [2.24, 2.45) is 0 Å². The topological polar surface area (TPSA) is 83.7 Å². The van der Waals surface area contributed by atoms with Gasteiger partial charge >= 0.3 is 0 Å². The van der Waals surface area contributed by atoms with Gasteiger partial charge in [0.15, 0.2) is 17.3 Å². The van der Waals surface area contributed by atoms with Crippen LogP contribution in [0.15, 0.2) is 33.9 Å². The van der Waals surface area contributed by atoms with Crippen molar-refractivity contribution in [3.05, 3.63) is 46.5 Å². The third kappa shape index (κ3) is 4.43. The minimum Gasteiger partial charge on any atom is -0.493 e. The first-order valence-electron chi connectivity index (χ1n) is 9.25. The summed E-state index contributed by atoms with van der Waals surface area (Å²) in [7, 11) is 4.61. The van der Waals surface area contributed by atoms with Crippen LogP contribution in [0.25, 0.3) is 11.5 Å². The predicted octanol–water partition coefficient (Wildman–Crippen LogP) is 4.66. The van der Waals surface area contributed by atoms with Crippen molar-refractivity contribution in [1.82, 2.24) is 10.2 Å². The maximum absolute atomic E-state index is 12.7. The average molecular weight is 429 g/mol. The molecule has 0 aliphatic carbocycles. The SMILES string of the molecule is COc1cc(-c2nnc(SCC(=O)c3c(C)cc(C)cc3C)o2)cc(OC)c1OC. The Hall–Kier alpha value is -3.00. The lowest BCUT2D eigenvalue weighted by Crippen LogP contribution is -2.07. The zero-order chi connectivity index (χ0) is 21.8. The molecule has 0 fully saturated rings. The van der Waals surface area contributed by atoms with Crippen molar-refractivity contribution in [2.45, 2.75) is 26.0 Å². The Labute approximate surface area is 179 Å². The lowest BCUT2D eigenvalue weighted by molar-refractivity contribution is 0.102. The van der Waals surface area contributed by atoms with Crippen LogP contribution in [0, 0.1) is 20.8 Å². The number of carbonyl (C=O) groups excluding carboxylic acids is 1. The molecule has 0 aliphatic rings. The molecular formula is C22H24N2O5S. The molecule has 0 aliphatic heterocycles. The fraction of sp³-hybridized carbons (Fsp3) is 0.318. The summed E-state index contributed by atoms with van der Waals surface area (Å²) in [6.45, 7) is 5.92. The summed E-state index contributed by atoms with van der Waals surface area (Å²) in [6.07, 6.45) is 0. The number of hydrogen-bond donors (Lipinski definition) is 0. The second kappa shape index (κ2) is 9.21. The van der Waals surface area contributed by atoms with Crippen LogP contribution in [-0.2, 0) is 0 Å². The Morgan fingerprint density at radius 3 is 2.07 bits per heavy atom. The van der Waals surface area contributed by atoms with Gasteiger partial charge < -0.3 is 18.6 Å². The smallest absolute Gasteiger partial charge is 0.277 e. The quantitative estimate of drug-likeness (QED) is 0.378. The van der Waals surface area contributed by atoms with E-state index in [4.69, 9.17) is 18.6 Å². The van der Waals surface area contributed by atoms with Crippen molar-refractivity contribution < 1.29 is 23.4 Å². The Balaban J connectivity index is 1.78. The van der Waals surface area contributed by atoms with Crippen LogP contribution in [0.4, 0.5) is 0 Å². The Morgan fingerprint density at radius 1 is 0.933 bits per heavy atom. The molecule has 2 aromatic carbocycles. The standard InChI is InChI=1S/C22H24N2O5S/c1-12-7-13(2)19(14(3)8-12)16(25)11-30-22-24-23-21(29-22)15-9-17(26-4)20(28-6)18(10-15)27-5/h7-10H,11H2,1-6H3. The van der Waals surface area contributed by atoms with Crippen LogP contribution in [-0.4, -0.2) is 43.1 Å². The molecule has 30 heavy (non-hydrogen) atoms. The van der Waals surface area contributed by atoms with E-state index in [-0.39, 0.29) is 11.5 Å². The van der Waals surface area contributed by atoms with Gasteiger partial charge in [-0.25, -0.2) is 0 Å². The number of hydrogen-bond acceptors (Lipinski definition) is 8. The molecule has 0 spiro atoms. The van der Waals surface area contributed by atoms with Gasteiger partial charge in [-0.1, -0.05) is 29.5 Å². The molecule has 1 aromatic heterocycles. The van der Waals surface area contributed by atoms with Gasteiger partial charge in [0.1, 0.15) is 0 Å². The highest BCUT2D eigenvalue weighted by atomic mass is 32.2. The van der Waals surface area contributed by atoms with Crippen LogP contribution < -0.4 is 14.2 Å². The summed E-state index contributed by atoms with van der Waals surface area (Å²) < 4.78 is 21.8. The Bertz CT molecular complexity index is 1030. The van der Waals surface area contributed by atoms with Crippen LogP contribution in [0.1, 0.15) is 27.0 Å². The zero-order valence-corrected chi connectivity index (χ0v) is 18.7. The van der Waals surface area contributed by atoms with Crippen molar-refractivity contribution >= 4 is 17.5 Å². The lowest BCUT2D eigenvalue weighted by atomic mass is 9.97. The number of ketones is 1. The second-order valence-corrected chi connectivity index (χ2v) is 7.70. The molecule has 7 nitrogen and oxygen atoms in total. The van der Waals surface area contributed by atoms with E-state index in [0.29, 0.717) is 33.9 Å².